The number of aromatic amines is 1. The lowest BCUT2D eigenvalue weighted by molar-refractivity contribution is 0.102. The summed E-state index contributed by atoms with van der Waals surface area (Å²) in [5, 5.41) is 10.2. The molecule has 0 spiro atoms. The third-order valence-corrected chi connectivity index (χ3v) is 3.18. The standard InChI is InChI=1S/C15H18ClN3O/c1-9(2)6-11-8-14(19-18-11)15(20)17-13-5-4-10(3)7-12(13)16/h4-5,7-9H,6H2,1-3H3,(H,17,20)(H,18,19). The van der Waals surface area contributed by atoms with Gasteiger partial charge in [0.2, 0.25) is 0 Å². The molecule has 0 radical (unpaired) electrons. The van der Waals surface area contributed by atoms with E-state index in [1.165, 1.54) is 0 Å². The summed E-state index contributed by atoms with van der Waals surface area (Å²) in [4.78, 5) is 12.1. The molecule has 20 heavy (non-hydrogen) atoms. The van der Waals surface area contributed by atoms with Crippen molar-refractivity contribution in [2.24, 2.45) is 5.92 Å². The zero-order chi connectivity index (χ0) is 14.7. The molecule has 0 unspecified atom stereocenters. The average molecular weight is 292 g/mol. The Balaban J connectivity index is 2.09. The van der Waals surface area contributed by atoms with Gasteiger partial charge in [-0.3, -0.25) is 9.89 Å². The zero-order valence-corrected chi connectivity index (χ0v) is 12.6. The van der Waals surface area contributed by atoms with Gasteiger partial charge in [-0.2, -0.15) is 5.10 Å². The van der Waals surface area contributed by atoms with Gasteiger partial charge in [0.05, 0.1) is 10.7 Å². The topological polar surface area (TPSA) is 57.8 Å². The minimum Gasteiger partial charge on any atom is -0.319 e. The van der Waals surface area contributed by atoms with Crippen LogP contribution in [0.5, 0.6) is 0 Å². The van der Waals surface area contributed by atoms with Crippen LogP contribution in [0.4, 0.5) is 5.69 Å². The van der Waals surface area contributed by atoms with Crippen LogP contribution in [0.2, 0.25) is 5.02 Å². The van der Waals surface area contributed by atoms with Crippen molar-refractivity contribution in [3.8, 4) is 0 Å². The molecule has 0 aliphatic rings. The van der Waals surface area contributed by atoms with Crippen molar-refractivity contribution in [2.75, 3.05) is 5.32 Å². The quantitative estimate of drug-likeness (QED) is 0.899. The first-order chi connectivity index (χ1) is 9.45. The highest BCUT2D eigenvalue weighted by Crippen LogP contribution is 2.23. The fourth-order valence-corrected chi connectivity index (χ4v) is 2.21. The Morgan fingerprint density at radius 2 is 2.15 bits per heavy atom. The molecule has 0 fully saturated rings. The monoisotopic (exact) mass is 291 g/mol. The van der Waals surface area contributed by atoms with E-state index in [2.05, 4.69) is 29.4 Å². The molecule has 0 atom stereocenters. The number of hydrogen-bond donors (Lipinski definition) is 2. The van der Waals surface area contributed by atoms with Crippen LogP contribution in [-0.4, -0.2) is 16.1 Å². The van der Waals surface area contributed by atoms with Gasteiger partial charge in [-0.1, -0.05) is 31.5 Å². The fraction of sp³-hybridized carbons (Fsp3) is 0.333. The van der Waals surface area contributed by atoms with Crippen molar-refractivity contribution in [3.63, 3.8) is 0 Å². The molecule has 0 aliphatic heterocycles. The van der Waals surface area contributed by atoms with E-state index in [9.17, 15) is 4.79 Å². The molecule has 1 aromatic heterocycles. The van der Waals surface area contributed by atoms with E-state index in [0.29, 0.717) is 22.3 Å². The van der Waals surface area contributed by atoms with Crippen LogP contribution in [0.15, 0.2) is 24.3 Å². The number of carbonyl (C=O) groups is 1. The number of H-pyrrole nitrogens is 1. The van der Waals surface area contributed by atoms with Crippen molar-refractivity contribution in [1.82, 2.24) is 10.2 Å². The molecule has 0 saturated heterocycles. The van der Waals surface area contributed by atoms with E-state index in [1.807, 2.05) is 19.1 Å². The third-order valence-electron chi connectivity index (χ3n) is 2.86. The maximum atomic E-state index is 12.1. The number of halogens is 1. The molecule has 0 saturated carbocycles. The minimum atomic E-state index is -0.262. The summed E-state index contributed by atoms with van der Waals surface area (Å²) in [6.07, 6.45) is 0.867. The number of hydrogen-bond acceptors (Lipinski definition) is 2. The summed E-state index contributed by atoms with van der Waals surface area (Å²) < 4.78 is 0. The van der Waals surface area contributed by atoms with Gasteiger partial charge in [-0.15, -0.1) is 0 Å². The molecule has 5 heteroatoms. The Kier molecular flexibility index (Phi) is 4.45. The molecule has 4 nitrogen and oxygen atoms in total. The second-order valence-corrected chi connectivity index (χ2v) is 5.72. The lowest BCUT2D eigenvalue weighted by atomic mass is 10.1. The van der Waals surface area contributed by atoms with Gasteiger partial charge in [0.1, 0.15) is 0 Å². The number of aromatic nitrogens is 2. The normalized spacial score (nSPS) is 10.8. The van der Waals surface area contributed by atoms with Crippen molar-refractivity contribution in [3.05, 3.63) is 46.2 Å². The Morgan fingerprint density at radius 3 is 2.80 bits per heavy atom. The van der Waals surface area contributed by atoms with E-state index >= 15 is 0 Å². The van der Waals surface area contributed by atoms with Crippen LogP contribution in [-0.2, 0) is 6.42 Å². The van der Waals surface area contributed by atoms with Crippen LogP contribution >= 0.6 is 11.6 Å². The van der Waals surface area contributed by atoms with E-state index in [4.69, 9.17) is 11.6 Å². The van der Waals surface area contributed by atoms with E-state index < -0.39 is 0 Å². The van der Waals surface area contributed by atoms with Crippen LogP contribution in [0.3, 0.4) is 0 Å². The molecule has 0 bridgehead atoms. The number of benzene rings is 1. The molecular weight excluding hydrogens is 274 g/mol. The molecule has 2 aromatic rings. The highest BCUT2D eigenvalue weighted by Gasteiger charge is 2.12. The zero-order valence-electron chi connectivity index (χ0n) is 11.8. The minimum absolute atomic E-state index is 0.262. The van der Waals surface area contributed by atoms with E-state index in [1.54, 1.807) is 12.1 Å². The first kappa shape index (κ1) is 14.6. The summed E-state index contributed by atoms with van der Waals surface area (Å²) in [5.41, 5.74) is 2.97. The smallest absolute Gasteiger partial charge is 0.276 e. The van der Waals surface area contributed by atoms with Crippen molar-refractivity contribution in [1.29, 1.82) is 0 Å². The first-order valence-corrected chi connectivity index (χ1v) is 6.95. The number of rotatable bonds is 4. The Bertz CT molecular complexity index is 619. The lowest BCUT2D eigenvalue weighted by Gasteiger charge is -2.06. The molecular formula is C15H18ClN3O. The molecule has 1 amide bonds. The Hall–Kier alpha value is -1.81. The number of aryl methyl sites for hydroxylation is 1. The van der Waals surface area contributed by atoms with Crippen LogP contribution < -0.4 is 5.32 Å². The summed E-state index contributed by atoms with van der Waals surface area (Å²) in [7, 11) is 0. The largest absolute Gasteiger partial charge is 0.319 e. The molecule has 1 aromatic carbocycles. The molecule has 2 N–H and O–H groups in total. The molecule has 2 rings (SSSR count). The fourth-order valence-electron chi connectivity index (χ4n) is 1.93. The van der Waals surface area contributed by atoms with Crippen molar-refractivity contribution < 1.29 is 4.79 Å². The maximum absolute atomic E-state index is 12.1. The Morgan fingerprint density at radius 1 is 1.40 bits per heavy atom. The number of anilines is 1. The van der Waals surface area contributed by atoms with Gasteiger partial charge < -0.3 is 5.32 Å². The third kappa shape index (κ3) is 3.61. The van der Waals surface area contributed by atoms with Crippen molar-refractivity contribution in [2.45, 2.75) is 27.2 Å². The van der Waals surface area contributed by atoms with Gasteiger partial charge in [-0.25, -0.2) is 0 Å². The maximum Gasteiger partial charge on any atom is 0.276 e. The number of nitrogens with zero attached hydrogens (tertiary/aromatic N) is 1. The summed E-state index contributed by atoms with van der Waals surface area (Å²) in [6.45, 7) is 6.18. The van der Waals surface area contributed by atoms with Gasteiger partial charge in [0.15, 0.2) is 5.69 Å². The second-order valence-electron chi connectivity index (χ2n) is 5.31. The molecule has 0 aliphatic carbocycles. The van der Waals surface area contributed by atoms with Crippen LogP contribution in [0.25, 0.3) is 0 Å². The summed E-state index contributed by atoms with van der Waals surface area (Å²) >= 11 is 6.09. The highest BCUT2D eigenvalue weighted by molar-refractivity contribution is 6.34. The number of carbonyl (C=O) groups excluding carboxylic acids is 1. The van der Waals surface area contributed by atoms with Crippen LogP contribution in [0, 0.1) is 12.8 Å². The van der Waals surface area contributed by atoms with E-state index in [0.717, 1.165) is 17.7 Å². The van der Waals surface area contributed by atoms with Crippen LogP contribution in [0.1, 0.15) is 35.6 Å². The predicted molar refractivity (Wildman–Crippen MR) is 81.3 cm³/mol. The highest BCUT2D eigenvalue weighted by atomic mass is 35.5. The van der Waals surface area contributed by atoms with Gasteiger partial charge in [-0.05, 0) is 43.0 Å². The predicted octanol–water partition coefficient (Wildman–Crippen LogP) is 3.82. The van der Waals surface area contributed by atoms with Gasteiger partial charge in [0.25, 0.3) is 5.91 Å². The Labute approximate surface area is 123 Å². The van der Waals surface area contributed by atoms with Crippen molar-refractivity contribution >= 4 is 23.2 Å². The van der Waals surface area contributed by atoms with Gasteiger partial charge >= 0.3 is 0 Å². The molecule has 106 valence electrons. The average Bonchev–Trinajstić information content (AvgIpc) is 2.80. The molecule has 1 heterocycles. The summed E-state index contributed by atoms with van der Waals surface area (Å²) in [5.74, 6) is 0.250. The summed E-state index contributed by atoms with van der Waals surface area (Å²) in [6, 6.07) is 7.27. The van der Waals surface area contributed by atoms with Gasteiger partial charge in [0, 0.05) is 5.69 Å². The first-order valence-electron chi connectivity index (χ1n) is 6.57. The number of amides is 1. The SMILES string of the molecule is Cc1ccc(NC(=O)c2cc(CC(C)C)[nH]n2)c(Cl)c1. The second kappa shape index (κ2) is 6.09. The number of nitrogens with one attached hydrogen (secondary N) is 2. The lowest BCUT2D eigenvalue weighted by Crippen LogP contribution is -2.12. The van der Waals surface area contributed by atoms with E-state index in [-0.39, 0.29) is 5.91 Å².